The third-order valence-electron chi connectivity index (χ3n) is 2.95. The highest BCUT2D eigenvalue weighted by atomic mass is 19.1. The second kappa shape index (κ2) is 4.86. The lowest BCUT2D eigenvalue weighted by atomic mass is 9.98. The predicted octanol–water partition coefficient (Wildman–Crippen LogP) is 3.66. The van der Waals surface area contributed by atoms with Crippen LogP contribution in [-0.2, 0) is 0 Å². The topological polar surface area (TPSA) is 20.2 Å². The number of hydrogen-bond acceptors (Lipinski definition) is 1. The van der Waals surface area contributed by atoms with Gasteiger partial charge in [-0.1, -0.05) is 24.3 Å². The Kier molecular flexibility index (Phi) is 3.43. The van der Waals surface area contributed by atoms with Crippen LogP contribution in [0.4, 0.5) is 8.78 Å². The summed E-state index contributed by atoms with van der Waals surface area (Å²) >= 11 is 0. The molecule has 0 saturated heterocycles. The van der Waals surface area contributed by atoms with E-state index in [1.165, 1.54) is 24.3 Å². The molecular weight excluding hydrogens is 234 g/mol. The first kappa shape index (κ1) is 12.7. The zero-order valence-corrected chi connectivity index (χ0v) is 10.2. The van der Waals surface area contributed by atoms with Gasteiger partial charge in [-0.25, -0.2) is 8.78 Å². The van der Waals surface area contributed by atoms with E-state index in [9.17, 15) is 13.9 Å². The first-order valence-corrected chi connectivity index (χ1v) is 5.69. The van der Waals surface area contributed by atoms with Gasteiger partial charge in [0, 0.05) is 5.56 Å². The molecule has 1 unspecified atom stereocenters. The summed E-state index contributed by atoms with van der Waals surface area (Å²) in [5.41, 5.74) is 1.90. The molecule has 0 aliphatic heterocycles. The van der Waals surface area contributed by atoms with Gasteiger partial charge in [-0.2, -0.15) is 0 Å². The van der Waals surface area contributed by atoms with Gasteiger partial charge >= 0.3 is 0 Å². The average Bonchev–Trinajstić information content (AvgIpc) is 2.32. The summed E-state index contributed by atoms with van der Waals surface area (Å²) < 4.78 is 26.9. The fourth-order valence-corrected chi connectivity index (χ4v) is 1.87. The lowest BCUT2D eigenvalue weighted by molar-refractivity contribution is 0.214. The Balaban J connectivity index is 2.41. The molecule has 3 heteroatoms. The molecule has 2 aromatic rings. The van der Waals surface area contributed by atoms with Crippen LogP contribution in [-0.4, -0.2) is 5.11 Å². The van der Waals surface area contributed by atoms with E-state index in [1.807, 2.05) is 0 Å². The maximum Gasteiger partial charge on any atom is 0.129 e. The van der Waals surface area contributed by atoms with Crippen molar-refractivity contribution in [3.8, 4) is 0 Å². The first-order chi connectivity index (χ1) is 8.49. The lowest BCUT2D eigenvalue weighted by Crippen LogP contribution is -2.03. The third kappa shape index (κ3) is 2.41. The van der Waals surface area contributed by atoms with Gasteiger partial charge in [-0.15, -0.1) is 0 Å². The van der Waals surface area contributed by atoms with Gasteiger partial charge in [0.25, 0.3) is 0 Å². The van der Waals surface area contributed by atoms with Crippen LogP contribution >= 0.6 is 0 Å². The molecule has 18 heavy (non-hydrogen) atoms. The zero-order valence-electron chi connectivity index (χ0n) is 10.2. The molecule has 0 heterocycles. The highest BCUT2D eigenvalue weighted by molar-refractivity contribution is 5.34. The maximum atomic E-state index is 13.7. The fourth-order valence-electron chi connectivity index (χ4n) is 1.87. The van der Waals surface area contributed by atoms with Crippen LogP contribution < -0.4 is 0 Å². The molecule has 1 atom stereocenters. The zero-order chi connectivity index (χ0) is 13.3. The third-order valence-corrected chi connectivity index (χ3v) is 2.95. The molecule has 0 aliphatic rings. The number of benzene rings is 2. The van der Waals surface area contributed by atoms with Gasteiger partial charge in [0.05, 0.1) is 0 Å². The van der Waals surface area contributed by atoms with Crippen molar-refractivity contribution in [1.29, 1.82) is 0 Å². The summed E-state index contributed by atoms with van der Waals surface area (Å²) in [4.78, 5) is 0. The number of halogens is 2. The molecule has 0 spiro atoms. The lowest BCUT2D eigenvalue weighted by Gasteiger charge is -2.13. The number of rotatable bonds is 2. The van der Waals surface area contributed by atoms with E-state index in [-0.39, 0.29) is 11.4 Å². The highest BCUT2D eigenvalue weighted by Gasteiger charge is 2.15. The van der Waals surface area contributed by atoms with E-state index in [4.69, 9.17) is 0 Å². The van der Waals surface area contributed by atoms with Crippen molar-refractivity contribution in [2.45, 2.75) is 20.0 Å². The molecule has 2 aromatic carbocycles. The monoisotopic (exact) mass is 248 g/mol. The van der Waals surface area contributed by atoms with E-state index in [2.05, 4.69) is 0 Å². The van der Waals surface area contributed by atoms with E-state index in [0.717, 1.165) is 5.56 Å². The molecule has 0 bridgehead atoms. The van der Waals surface area contributed by atoms with Crippen molar-refractivity contribution < 1.29 is 13.9 Å². The predicted molar refractivity (Wildman–Crippen MR) is 66.3 cm³/mol. The Hall–Kier alpha value is -1.74. The van der Waals surface area contributed by atoms with E-state index < -0.39 is 11.9 Å². The van der Waals surface area contributed by atoms with Crippen molar-refractivity contribution in [2.24, 2.45) is 0 Å². The van der Waals surface area contributed by atoms with Crippen molar-refractivity contribution in [3.63, 3.8) is 0 Å². The summed E-state index contributed by atoms with van der Waals surface area (Å²) in [7, 11) is 0. The summed E-state index contributed by atoms with van der Waals surface area (Å²) in [5.74, 6) is -0.792. The molecule has 0 radical (unpaired) electrons. The fraction of sp³-hybridized carbons (Fsp3) is 0.200. The van der Waals surface area contributed by atoms with E-state index in [0.29, 0.717) is 11.1 Å². The van der Waals surface area contributed by atoms with Crippen molar-refractivity contribution in [1.82, 2.24) is 0 Å². The highest BCUT2D eigenvalue weighted by Crippen LogP contribution is 2.26. The van der Waals surface area contributed by atoms with Gasteiger partial charge < -0.3 is 5.11 Å². The smallest absolute Gasteiger partial charge is 0.129 e. The van der Waals surface area contributed by atoms with Crippen LogP contribution in [0, 0.1) is 25.5 Å². The van der Waals surface area contributed by atoms with Gasteiger partial charge in [0.15, 0.2) is 0 Å². The Bertz CT molecular complexity index is 579. The van der Waals surface area contributed by atoms with Crippen LogP contribution in [0.3, 0.4) is 0 Å². The maximum absolute atomic E-state index is 13.7. The van der Waals surface area contributed by atoms with Crippen LogP contribution in [0.25, 0.3) is 0 Å². The Morgan fingerprint density at radius 3 is 2.28 bits per heavy atom. The standard InChI is InChI=1S/C15H14F2O/c1-9-3-5-12(14(17)7-9)15(18)11-4-6-13(16)10(2)8-11/h3-8,15,18H,1-2H3. The number of aliphatic hydroxyl groups excluding tert-OH is 1. The minimum atomic E-state index is -1.08. The van der Waals surface area contributed by atoms with E-state index in [1.54, 1.807) is 26.0 Å². The number of aryl methyl sites for hydroxylation is 2. The van der Waals surface area contributed by atoms with Crippen LogP contribution in [0.1, 0.15) is 28.4 Å². The summed E-state index contributed by atoms with van der Waals surface area (Å²) in [6, 6.07) is 8.92. The van der Waals surface area contributed by atoms with Crippen LogP contribution in [0.15, 0.2) is 36.4 Å². The summed E-state index contributed by atoms with van der Waals surface area (Å²) in [6.45, 7) is 3.39. The van der Waals surface area contributed by atoms with Gasteiger partial charge in [0.1, 0.15) is 17.7 Å². The molecule has 1 nitrogen and oxygen atoms in total. The largest absolute Gasteiger partial charge is 0.384 e. The molecule has 0 fully saturated rings. The van der Waals surface area contributed by atoms with Gasteiger partial charge in [-0.3, -0.25) is 0 Å². The average molecular weight is 248 g/mol. The van der Waals surface area contributed by atoms with Crippen molar-refractivity contribution in [2.75, 3.05) is 0 Å². The molecular formula is C15H14F2O. The molecule has 0 aliphatic carbocycles. The molecule has 94 valence electrons. The minimum absolute atomic E-state index is 0.201. The Labute approximate surface area is 105 Å². The minimum Gasteiger partial charge on any atom is -0.384 e. The summed E-state index contributed by atoms with van der Waals surface area (Å²) in [5, 5.41) is 10.1. The van der Waals surface area contributed by atoms with Crippen molar-refractivity contribution in [3.05, 3.63) is 70.3 Å². The summed E-state index contributed by atoms with van der Waals surface area (Å²) in [6.07, 6.45) is -1.08. The van der Waals surface area contributed by atoms with Gasteiger partial charge in [0.2, 0.25) is 0 Å². The SMILES string of the molecule is Cc1ccc(C(O)c2ccc(F)c(C)c2)c(F)c1. The molecule has 1 N–H and O–H groups in total. The van der Waals surface area contributed by atoms with Crippen LogP contribution in [0.5, 0.6) is 0 Å². The molecule has 0 amide bonds. The second-order valence-electron chi connectivity index (χ2n) is 4.44. The molecule has 0 saturated carbocycles. The Morgan fingerprint density at radius 2 is 1.67 bits per heavy atom. The van der Waals surface area contributed by atoms with Gasteiger partial charge in [-0.05, 0) is 42.7 Å². The number of hydrogen-bond donors (Lipinski definition) is 1. The van der Waals surface area contributed by atoms with Crippen LogP contribution in [0.2, 0.25) is 0 Å². The first-order valence-electron chi connectivity index (χ1n) is 5.69. The van der Waals surface area contributed by atoms with E-state index >= 15 is 0 Å². The molecule has 0 aromatic heterocycles. The Morgan fingerprint density at radius 1 is 0.944 bits per heavy atom. The quantitative estimate of drug-likeness (QED) is 0.859. The normalized spacial score (nSPS) is 12.5. The second-order valence-corrected chi connectivity index (χ2v) is 4.44. The van der Waals surface area contributed by atoms with Crippen molar-refractivity contribution >= 4 is 0 Å². The molecule has 2 rings (SSSR count). The number of aliphatic hydroxyl groups is 1.